The number of aromatic nitrogens is 5. The number of hydrogen-bond acceptors (Lipinski definition) is 8. The zero-order valence-electron chi connectivity index (χ0n) is 19.8. The normalized spacial score (nSPS) is 19.3. The average Bonchev–Trinajstić information content (AvgIpc) is 3.83. The predicted molar refractivity (Wildman–Crippen MR) is 121 cm³/mol. The van der Waals surface area contributed by atoms with Gasteiger partial charge >= 0.3 is 5.92 Å². The highest BCUT2D eigenvalue weighted by Crippen LogP contribution is 2.54. The summed E-state index contributed by atoms with van der Waals surface area (Å²) in [6.07, 6.45) is 6.86. The number of nitrogens with zero attached hydrogens (tertiary/aromatic N) is 6. The summed E-state index contributed by atoms with van der Waals surface area (Å²) in [5.74, 6) is -5.22. The van der Waals surface area contributed by atoms with Crippen LogP contribution >= 0.6 is 0 Å². The molecule has 3 saturated carbocycles. The predicted octanol–water partition coefficient (Wildman–Crippen LogP) is 2.82. The van der Waals surface area contributed by atoms with Gasteiger partial charge < -0.3 is 10.6 Å². The van der Waals surface area contributed by atoms with Crippen LogP contribution in [0.3, 0.4) is 0 Å². The summed E-state index contributed by atoms with van der Waals surface area (Å²) in [6.45, 7) is 0.0875. The molecule has 0 spiro atoms. The van der Waals surface area contributed by atoms with Crippen LogP contribution in [0.15, 0.2) is 23.1 Å². The van der Waals surface area contributed by atoms with Crippen molar-refractivity contribution in [2.45, 2.75) is 69.4 Å². The molecule has 1 atom stereocenters. The summed E-state index contributed by atoms with van der Waals surface area (Å²) in [4.78, 5) is 29.5. The van der Waals surface area contributed by atoms with Crippen molar-refractivity contribution in [1.82, 2.24) is 35.5 Å². The molecule has 3 aliphatic carbocycles. The Bertz CT molecular complexity index is 1410. The number of fused-ring (bicyclic) bond motifs is 1. The number of carbonyl (C=O) groups is 2. The molecule has 6 rings (SSSR count). The van der Waals surface area contributed by atoms with Gasteiger partial charge in [0.25, 0.3) is 11.8 Å². The fourth-order valence-electron chi connectivity index (χ4n) is 4.57. The summed E-state index contributed by atoms with van der Waals surface area (Å²) in [5, 5.41) is 26.8. The second-order valence-electron chi connectivity index (χ2n) is 10.3. The molecule has 0 radical (unpaired) electrons. The first kappa shape index (κ1) is 23.4. The zero-order chi connectivity index (χ0) is 25.8. The largest absolute Gasteiger partial charge is 0.345 e. The van der Waals surface area contributed by atoms with Crippen molar-refractivity contribution in [2.75, 3.05) is 0 Å². The Balaban J connectivity index is 1.19. The number of amides is 2. The molecule has 192 valence electrons. The van der Waals surface area contributed by atoms with Gasteiger partial charge in [-0.05, 0) is 61.2 Å². The van der Waals surface area contributed by atoms with Gasteiger partial charge in [-0.15, -0.1) is 0 Å². The van der Waals surface area contributed by atoms with E-state index in [-0.39, 0.29) is 24.1 Å². The minimum atomic E-state index is -3.50. The highest BCUT2D eigenvalue weighted by molar-refractivity contribution is 5.93. The highest BCUT2D eigenvalue weighted by atomic mass is 19.3. The molecular weight excluding hydrogens is 486 g/mol. The molecule has 37 heavy (non-hydrogen) atoms. The van der Waals surface area contributed by atoms with Crippen molar-refractivity contribution < 1.29 is 23.0 Å². The fourth-order valence-corrected chi connectivity index (χ4v) is 4.57. The molecular formula is C24H24F2N8O3. The third-order valence-electron chi connectivity index (χ3n) is 7.26. The van der Waals surface area contributed by atoms with Crippen LogP contribution in [0.25, 0.3) is 5.65 Å². The maximum absolute atomic E-state index is 14.5. The van der Waals surface area contributed by atoms with E-state index in [9.17, 15) is 23.6 Å². The van der Waals surface area contributed by atoms with Crippen LogP contribution in [0.2, 0.25) is 0 Å². The summed E-state index contributed by atoms with van der Waals surface area (Å²) < 4.78 is 35.2. The van der Waals surface area contributed by atoms with Gasteiger partial charge in [0.1, 0.15) is 5.69 Å². The molecule has 3 aromatic heterocycles. The van der Waals surface area contributed by atoms with Crippen molar-refractivity contribution in [2.24, 2.45) is 11.3 Å². The molecule has 2 amide bonds. The molecule has 0 aliphatic heterocycles. The molecule has 0 aromatic carbocycles. The summed E-state index contributed by atoms with van der Waals surface area (Å²) >= 11 is 0. The Kier molecular flexibility index (Phi) is 5.43. The van der Waals surface area contributed by atoms with Crippen LogP contribution in [-0.4, -0.2) is 42.6 Å². The van der Waals surface area contributed by atoms with E-state index in [4.69, 9.17) is 4.63 Å². The Hall–Kier alpha value is -3.95. The molecule has 3 heterocycles. The van der Waals surface area contributed by atoms with Crippen LogP contribution in [-0.2, 0) is 11.3 Å². The van der Waals surface area contributed by atoms with E-state index < -0.39 is 35.6 Å². The van der Waals surface area contributed by atoms with Gasteiger partial charge in [0, 0.05) is 12.3 Å². The molecule has 3 fully saturated rings. The lowest BCUT2D eigenvalue weighted by Crippen LogP contribution is -2.44. The van der Waals surface area contributed by atoms with Gasteiger partial charge in [0.05, 0.1) is 42.2 Å². The van der Waals surface area contributed by atoms with Crippen LogP contribution in [0.4, 0.5) is 8.78 Å². The molecule has 0 saturated heterocycles. The topological polar surface area (TPSA) is 151 Å². The van der Waals surface area contributed by atoms with Crippen molar-refractivity contribution >= 4 is 17.5 Å². The molecule has 1 unspecified atom stereocenters. The Morgan fingerprint density at radius 3 is 2.73 bits per heavy atom. The molecule has 3 aromatic rings. The number of nitrogens with one attached hydrogen (secondary N) is 2. The number of halogens is 2. The molecule has 3 aliphatic rings. The first-order valence-corrected chi connectivity index (χ1v) is 12.3. The standard InChI is InChI=1S/C24H24F2N8O3/c25-24(26,8-13-1-2-13)22(36)31-20(23(12-27)5-6-23)15-7-17-30-16(11-34(17)29-9-15)10-28-21(35)19-18(14-3-4-14)32-37-33-19/h7,9,11,13-14,20H,1-6,8,10H2,(H,28,35)(H,31,36). The fraction of sp³-hybridized carbons (Fsp3) is 0.542. The van der Waals surface area contributed by atoms with E-state index in [1.807, 2.05) is 0 Å². The van der Waals surface area contributed by atoms with E-state index >= 15 is 0 Å². The monoisotopic (exact) mass is 510 g/mol. The van der Waals surface area contributed by atoms with Crippen molar-refractivity contribution in [1.29, 1.82) is 5.26 Å². The second-order valence-corrected chi connectivity index (χ2v) is 10.3. The van der Waals surface area contributed by atoms with E-state index in [2.05, 4.69) is 37.1 Å². The molecule has 2 N–H and O–H groups in total. The van der Waals surface area contributed by atoms with Gasteiger partial charge in [-0.1, -0.05) is 5.16 Å². The van der Waals surface area contributed by atoms with E-state index in [1.165, 1.54) is 10.7 Å². The van der Waals surface area contributed by atoms with Crippen molar-refractivity contribution in [3.8, 4) is 6.07 Å². The SMILES string of the molecule is N#CC1(C(NC(=O)C(F)(F)CC2CC2)c2cnn3cc(CNC(=O)c4nonc4C4CC4)nc3c2)CC1. The van der Waals surface area contributed by atoms with E-state index in [0.717, 1.165) is 12.8 Å². The lowest BCUT2D eigenvalue weighted by atomic mass is 9.92. The Morgan fingerprint density at radius 1 is 1.27 bits per heavy atom. The smallest absolute Gasteiger partial charge is 0.324 e. The first-order chi connectivity index (χ1) is 17.8. The number of imidazole rings is 1. The van der Waals surface area contributed by atoms with Crippen molar-refractivity contribution in [3.63, 3.8) is 0 Å². The summed E-state index contributed by atoms with van der Waals surface area (Å²) in [6, 6.07) is 2.88. The highest BCUT2D eigenvalue weighted by Gasteiger charge is 2.54. The molecule has 11 nitrogen and oxygen atoms in total. The average molecular weight is 511 g/mol. The van der Waals surface area contributed by atoms with Gasteiger partial charge in [-0.25, -0.2) is 14.1 Å². The molecule has 13 heteroatoms. The van der Waals surface area contributed by atoms with Crippen LogP contribution < -0.4 is 10.6 Å². The second kappa shape index (κ2) is 8.57. The quantitative estimate of drug-likeness (QED) is 0.423. The number of hydrogen-bond donors (Lipinski definition) is 2. The van der Waals surface area contributed by atoms with Crippen molar-refractivity contribution in [3.05, 3.63) is 41.1 Å². The third kappa shape index (κ3) is 4.63. The van der Waals surface area contributed by atoms with E-state index in [1.54, 1.807) is 12.3 Å². The number of rotatable bonds is 10. The number of alkyl halides is 2. The minimum Gasteiger partial charge on any atom is -0.345 e. The Labute approximate surface area is 209 Å². The zero-order valence-corrected chi connectivity index (χ0v) is 19.8. The van der Waals surface area contributed by atoms with Gasteiger partial charge in [-0.2, -0.15) is 19.1 Å². The number of carbonyl (C=O) groups excluding carboxylic acids is 2. The Morgan fingerprint density at radius 2 is 2.05 bits per heavy atom. The van der Waals surface area contributed by atoms with E-state index in [0.29, 0.717) is 48.3 Å². The van der Waals surface area contributed by atoms with Gasteiger partial charge in [-0.3, -0.25) is 9.59 Å². The summed E-state index contributed by atoms with van der Waals surface area (Å²) in [5.41, 5.74) is 1.07. The summed E-state index contributed by atoms with van der Waals surface area (Å²) in [7, 11) is 0. The van der Waals surface area contributed by atoms with Crippen LogP contribution in [0.5, 0.6) is 0 Å². The first-order valence-electron chi connectivity index (χ1n) is 12.3. The van der Waals surface area contributed by atoms with Crippen LogP contribution in [0.1, 0.15) is 84.3 Å². The lowest BCUT2D eigenvalue weighted by molar-refractivity contribution is -0.148. The maximum Gasteiger partial charge on any atom is 0.324 e. The lowest BCUT2D eigenvalue weighted by Gasteiger charge is -2.26. The minimum absolute atomic E-state index is 0.0875. The maximum atomic E-state index is 14.5. The third-order valence-corrected chi connectivity index (χ3v) is 7.26. The number of nitriles is 1. The van der Waals surface area contributed by atoms with Gasteiger partial charge in [0.2, 0.25) is 0 Å². The van der Waals surface area contributed by atoms with Gasteiger partial charge in [0.15, 0.2) is 11.3 Å². The molecule has 0 bridgehead atoms. The van der Waals surface area contributed by atoms with Crippen LogP contribution in [0, 0.1) is 22.7 Å².